The van der Waals surface area contributed by atoms with Gasteiger partial charge in [-0.25, -0.2) is 4.98 Å². The lowest BCUT2D eigenvalue weighted by Crippen LogP contribution is -2.13. The average Bonchev–Trinajstić information content (AvgIpc) is 3.10. The number of carbonyl (C=O) groups excluding carboxylic acids is 1. The average molecular weight is 308 g/mol. The van der Waals surface area contributed by atoms with Gasteiger partial charge in [-0.15, -0.1) is 0 Å². The number of anilines is 1. The van der Waals surface area contributed by atoms with Gasteiger partial charge in [-0.05, 0) is 30.3 Å². The predicted octanol–water partition coefficient (Wildman–Crippen LogP) is 3.24. The summed E-state index contributed by atoms with van der Waals surface area (Å²) in [4.78, 5) is 29.7. The van der Waals surface area contributed by atoms with Crippen molar-refractivity contribution in [3.8, 4) is 11.4 Å². The number of carbonyl (C=O) groups is 1. The number of rotatable bonds is 4. The summed E-state index contributed by atoms with van der Waals surface area (Å²) in [6.07, 6.45) is 3.37. The lowest BCUT2D eigenvalue weighted by atomic mass is 10.1. The fourth-order valence-electron chi connectivity index (χ4n) is 2.16. The highest BCUT2D eigenvalue weighted by Crippen LogP contribution is 2.21. The van der Waals surface area contributed by atoms with Crippen LogP contribution in [0.3, 0.4) is 0 Å². The van der Waals surface area contributed by atoms with Crippen molar-refractivity contribution in [3.63, 3.8) is 0 Å². The van der Waals surface area contributed by atoms with Crippen LogP contribution >= 0.6 is 0 Å². The highest BCUT2D eigenvalue weighted by atomic mass is 16.6. The molecule has 0 fully saturated rings. The van der Waals surface area contributed by atoms with Crippen LogP contribution in [-0.4, -0.2) is 20.8 Å². The third-order valence-electron chi connectivity index (χ3n) is 3.26. The summed E-state index contributed by atoms with van der Waals surface area (Å²) in [7, 11) is 0. The minimum Gasteiger partial charge on any atom is -0.345 e. The molecule has 23 heavy (non-hydrogen) atoms. The molecule has 1 amide bonds. The number of nitrogens with zero attached hydrogens (tertiary/aromatic N) is 2. The van der Waals surface area contributed by atoms with E-state index in [4.69, 9.17) is 0 Å². The van der Waals surface area contributed by atoms with E-state index >= 15 is 0 Å². The molecule has 7 heteroatoms. The Hall–Kier alpha value is -3.48. The fraction of sp³-hybridized carbons (Fsp3) is 0. The van der Waals surface area contributed by atoms with Crippen molar-refractivity contribution < 1.29 is 9.72 Å². The molecule has 3 rings (SSSR count). The molecule has 0 aliphatic heterocycles. The zero-order valence-corrected chi connectivity index (χ0v) is 11.9. The van der Waals surface area contributed by atoms with Crippen LogP contribution in [0.15, 0.2) is 60.9 Å². The Labute approximate surface area is 131 Å². The molecule has 1 aromatic heterocycles. The fourth-order valence-corrected chi connectivity index (χ4v) is 2.16. The van der Waals surface area contributed by atoms with E-state index in [1.807, 2.05) is 0 Å². The molecular weight excluding hydrogens is 296 g/mol. The molecule has 3 aromatic rings. The van der Waals surface area contributed by atoms with E-state index in [0.29, 0.717) is 5.69 Å². The molecule has 2 aromatic carbocycles. The largest absolute Gasteiger partial charge is 0.345 e. The standard InChI is InChI=1S/C16H12N4O3/c21-16(13-3-1-2-4-14(13)20(22)23)19-12-7-5-11(6-8-12)15-17-9-10-18-15/h1-10H,(H,17,18)(H,19,21). The highest BCUT2D eigenvalue weighted by molar-refractivity contribution is 6.07. The third-order valence-corrected chi connectivity index (χ3v) is 3.26. The van der Waals surface area contributed by atoms with Gasteiger partial charge in [0.25, 0.3) is 11.6 Å². The first-order chi connectivity index (χ1) is 11.1. The monoisotopic (exact) mass is 308 g/mol. The smallest absolute Gasteiger partial charge is 0.282 e. The number of imidazole rings is 1. The van der Waals surface area contributed by atoms with Crippen molar-refractivity contribution in [1.82, 2.24) is 9.97 Å². The van der Waals surface area contributed by atoms with Crippen molar-refractivity contribution in [1.29, 1.82) is 0 Å². The number of para-hydroxylation sites is 1. The minimum absolute atomic E-state index is 0.0209. The van der Waals surface area contributed by atoms with Gasteiger partial charge in [0.05, 0.1) is 4.92 Å². The number of H-pyrrole nitrogens is 1. The summed E-state index contributed by atoms with van der Waals surface area (Å²) in [5, 5.41) is 13.6. The second kappa shape index (κ2) is 6.10. The molecule has 1 heterocycles. The van der Waals surface area contributed by atoms with Crippen molar-refractivity contribution in [2.45, 2.75) is 0 Å². The van der Waals surface area contributed by atoms with E-state index in [9.17, 15) is 14.9 Å². The van der Waals surface area contributed by atoms with E-state index in [1.165, 1.54) is 18.2 Å². The number of aromatic amines is 1. The van der Waals surface area contributed by atoms with Crippen LogP contribution in [0, 0.1) is 10.1 Å². The summed E-state index contributed by atoms with van der Waals surface area (Å²) < 4.78 is 0. The predicted molar refractivity (Wildman–Crippen MR) is 85.1 cm³/mol. The van der Waals surface area contributed by atoms with Gasteiger partial charge in [0, 0.05) is 29.7 Å². The quantitative estimate of drug-likeness (QED) is 0.570. The van der Waals surface area contributed by atoms with Gasteiger partial charge < -0.3 is 10.3 Å². The summed E-state index contributed by atoms with van der Waals surface area (Å²) in [5.41, 5.74) is 1.21. The van der Waals surface area contributed by atoms with Crippen molar-refractivity contribution in [2.24, 2.45) is 0 Å². The Morgan fingerprint density at radius 2 is 1.87 bits per heavy atom. The molecule has 0 saturated heterocycles. The van der Waals surface area contributed by atoms with Crippen LogP contribution in [0.25, 0.3) is 11.4 Å². The summed E-state index contributed by atoms with van der Waals surface area (Å²) in [6, 6.07) is 12.9. The number of hydrogen-bond donors (Lipinski definition) is 2. The van der Waals surface area contributed by atoms with Crippen molar-refractivity contribution in [3.05, 3.63) is 76.6 Å². The molecule has 0 saturated carbocycles. The van der Waals surface area contributed by atoms with Gasteiger partial charge in [0.2, 0.25) is 0 Å². The zero-order chi connectivity index (χ0) is 16.2. The number of benzene rings is 2. The molecule has 2 N–H and O–H groups in total. The Kier molecular flexibility index (Phi) is 3.84. The number of aromatic nitrogens is 2. The van der Waals surface area contributed by atoms with E-state index in [-0.39, 0.29) is 11.3 Å². The number of nitro groups is 1. The van der Waals surface area contributed by atoms with E-state index in [1.54, 1.807) is 42.7 Å². The molecule has 0 radical (unpaired) electrons. The Morgan fingerprint density at radius 3 is 2.52 bits per heavy atom. The van der Waals surface area contributed by atoms with Crippen molar-refractivity contribution >= 4 is 17.3 Å². The van der Waals surface area contributed by atoms with E-state index in [2.05, 4.69) is 15.3 Å². The third kappa shape index (κ3) is 3.08. The SMILES string of the molecule is O=C(Nc1ccc(-c2ncc[nH]2)cc1)c1ccccc1[N+](=O)[O-]. The van der Waals surface area contributed by atoms with Crippen LogP contribution in [0.2, 0.25) is 0 Å². The summed E-state index contributed by atoms with van der Waals surface area (Å²) >= 11 is 0. The molecule has 0 unspecified atom stereocenters. The second-order valence-corrected chi connectivity index (χ2v) is 4.74. The van der Waals surface area contributed by atoms with Gasteiger partial charge in [0.15, 0.2) is 0 Å². The Bertz CT molecular complexity index is 842. The van der Waals surface area contributed by atoms with Gasteiger partial charge >= 0.3 is 0 Å². The topological polar surface area (TPSA) is 101 Å². The zero-order valence-electron chi connectivity index (χ0n) is 11.9. The summed E-state index contributed by atoms with van der Waals surface area (Å²) in [6.45, 7) is 0. The molecule has 0 bridgehead atoms. The first-order valence-electron chi connectivity index (χ1n) is 6.80. The first-order valence-corrected chi connectivity index (χ1v) is 6.80. The number of nitro benzene ring substituents is 1. The van der Waals surface area contributed by atoms with Crippen LogP contribution in [-0.2, 0) is 0 Å². The second-order valence-electron chi connectivity index (χ2n) is 4.74. The van der Waals surface area contributed by atoms with E-state index < -0.39 is 10.8 Å². The minimum atomic E-state index is -0.574. The maximum absolute atomic E-state index is 12.2. The summed E-state index contributed by atoms with van der Waals surface area (Å²) in [5.74, 6) is 0.199. The molecule has 114 valence electrons. The lowest BCUT2D eigenvalue weighted by Gasteiger charge is -2.06. The lowest BCUT2D eigenvalue weighted by molar-refractivity contribution is -0.385. The maximum Gasteiger partial charge on any atom is 0.282 e. The van der Waals surface area contributed by atoms with E-state index in [0.717, 1.165) is 11.4 Å². The van der Waals surface area contributed by atoms with Gasteiger partial charge in [-0.3, -0.25) is 14.9 Å². The van der Waals surface area contributed by atoms with Crippen molar-refractivity contribution in [2.75, 3.05) is 5.32 Å². The maximum atomic E-state index is 12.2. The van der Waals surface area contributed by atoms with Crippen LogP contribution in [0.1, 0.15) is 10.4 Å². The highest BCUT2D eigenvalue weighted by Gasteiger charge is 2.19. The molecule has 0 aliphatic carbocycles. The number of amides is 1. The Morgan fingerprint density at radius 1 is 1.13 bits per heavy atom. The van der Waals surface area contributed by atoms with Gasteiger partial charge in [-0.2, -0.15) is 0 Å². The number of hydrogen-bond acceptors (Lipinski definition) is 4. The molecule has 0 spiro atoms. The first kappa shape index (κ1) is 14.5. The molecule has 0 aliphatic rings. The molecule has 7 nitrogen and oxygen atoms in total. The molecule has 0 atom stereocenters. The molecular formula is C16H12N4O3. The number of nitrogens with one attached hydrogen (secondary N) is 2. The van der Waals surface area contributed by atoms with Crippen LogP contribution in [0.4, 0.5) is 11.4 Å². The van der Waals surface area contributed by atoms with Gasteiger partial charge in [-0.1, -0.05) is 12.1 Å². The Balaban J connectivity index is 1.80. The van der Waals surface area contributed by atoms with Crippen LogP contribution < -0.4 is 5.32 Å². The van der Waals surface area contributed by atoms with Gasteiger partial charge in [0.1, 0.15) is 11.4 Å². The van der Waals surface area contributed by atoms with Crippen LogP contribution in [0.5, 0.6) is 0 Å². The normalized spacial score (nSPS) is 10.3.